The minimum atomic E-state index is 0.101. The van der Waals surface area contributed by atoms with Gasteiger partial charge in [0.05, 0.1) is 0 Å². The molecular weight excluding hydrogens is 260 g/mol. The normalized spacial score (nSPS) is 19.3. The highest BCUT2D eigenvalue weighted by molar-refractivity contribution is 4.54. The Labute approximate surface area is 133 Å². The summed E-state index contributed by atoms with van der Waals surface area (Å²) in [4.78, 5) is 0. The molecule has 1 heterocycles. The average Bonchev–Trinajstić information content (AvgIpc) is 2.49. The molecule has 2 heteroatoms. The van der Waals surface area contributed by atoms with Crippen molar-refractivity contribution in [3.05, 3.63) is 0 Å². The second-order valence-corrected chi connectivity index (χ2v) is 7.03. The van der Waals surface area contributed by atoms with Crippen molar-refractivity contribution in [2.45, 2.75) is 104 Å². The van der Waals surface area contributed by atoms with Crippen LogP contribution in [0.25, 0.3) is 0 Å². The van der Waals surface area contributed by atoms with Crippen LogP contribution in [0.2, 0.25) is 0 Å². The predicted molar refractivity (Wildman–Crippen MR) is 90.6 cm³/mol. The van der Waals surface area contributed by atoms with Gasteiger partial charge in [-0.2, -0.15) is 0 Å². The molecule has 2 nitrogen and oxygen atoms in total. The third kappa shape index (κ3) is 12.2. The number of unbranched alkanes of at least 4 members (excludes halogenated alkanes) is 8. The number of hydrogen-bond acceptors (Lipinski definition) is 2. The van der Waals surface area contributed by atoms with Crippen molar-refractivity contribution >= 4 is 0 Å². The molecule has 0 bridgehead atoms. The van der Waals surface area contributed by atoms with Gasteiger partial charge in [-0.25, -0.2) is 0 Å². The Hall–Kier alpha value is -0.0800. The molecule has 126 valence electrons. The molecular formula is C19H38O2. The summed E-state index contributed by atoms with van der Waals surface area (Å²) in [6.45, 7) is 6.43. The molecule has 1 saturated heterocycles. The lowest BCUT2D eigenvalue weighted by molar-refractivity contribution is -0.162. The molecule has 1 atom stereocenters. The van der Waals surface area contributed by atoms with Gasteiger partial charge in [0.15, 0.2) is 6.29 Å². The summed E-state index contributed by atoms with van der Waals surface area (Å²) in [5.41, 5.74) is 0. The van der Waals surface area contributed by atoms with Crippen molar-refractivity contribution in [2.24, 2.45) is 5.92 Å². The fraction of sp³-hybridized carbons (Fsp3) is 1.00. The van der Waals surface area contributed by atoms with Gasteiger partial charge in [-0.15, -0.1) is 0 Å². The van der Waals surface area contributed by atoms with E-state index < -0.39 is 0 Å². The van der Waals surface area contributed by atoms with Crippen molar-refractivity contribution in [1.82, 2.24) is 0 Å². The Morgan fingerprint density at radius 2 is 1.48 bits per heavy atom. The summed E-state index contributed by atoms with van der Waals surface area (Å²) >= 11 is 0. The smallest absolute Gasteiger partial charge is 0.157 e. The van der Waals surface area contributed by atoms with Gasteiger partial charge in [0, 0.05) is 13.2 Å². The van der Waals surface area contributed by atoms with E-state index in [1.807, 2.05) is 0 Å². The Kier molecular flexibility index (Phi) is 12.3. The summed E-state index contributed by atoms with van der Waals surface area (Å²) < 4.78 is 11.3. The van der Waals surface area contributed by atoms with Crippen molar-refractivity contribution in [3.8, 4) is 0 Å². The first-order chi connectivity index (χ1) is 10.3. The number of rotatable bonds is 13. The fourth-order valence-corrected chi connectivity index (χ4v) is 2.95. The van der Waals surface area contributed by atoms with E-state index in [1.165, 1.54) is 77.0 Å². The molecule has 1 fully saturated rings. The van der Waals surface area contributed by atoms with E-state index in [1.54, 1.807) is 0 Å². The molecule has 1 aliphatic rings. The summed E-state index contributed by atoms with van der Waals surface area (Å²) in [5, 5.41) is 0. The maximum absolute atomic E-state index is 5.75. The van der Waals surface area contributed by atoms with Crippen LogP contribution in [0.4, 0.5) is 0 Å². The highest BCUT2D eigenvalue weighted by atomic mass is 16.7. The van der Waals surface area contributed by atoms with Crippen LogP contribution in [0.1, 0.15) is 97.3 Å². The number of ether oxygens (including phenoxy) is 2. The van der Waals surface area contributed by atoms with Crippen LogP contribution in [0.15, 0.2) is 0 Å². The predicted octanol–water partition coefficient (Wildman–Crippen LogP) is 6.09. The first-order valence-corrected chi connectivity index (χ1v) is 9.52. The van der Waals surface area contributed by atoms with Gasteiger partial charge >= 0.3 is 0 Å². The van der Waals surface area contributed by atoms with E-state index in [0.717, 1.165) is 25.6 Å². The third-order valence-corrected chi connectivity index (χ3v) is 4.37. The Bertz CT molecular complexity index is 210. The lowest BCUT2D eigenvalue weighted by atomic mass is 10.0. The lowest BCUT2D eigenvalue weighted by Gasteiger charge is -2.22. The average molecular weight is 299 g/mol. The molecule has 0 aromatic heterocycles. The molecule has 0 aromatic rings. The van der Waals surface area contributed by atoms with Crippen molar-refractivity contribution in [2.75, 3.05) is 13.2 Å². The minimum Gasteiger partial charge on any atom is -0.353 e. The molecule has 0 saturated carbocycles. The van der Waals surface area contributed by atoms with Crippen LogP contribution in [-0.2, 0) is 9.47 Å². The molecule has 0 amide bonds. The molecule has 0 radical (unpaired) electrons. The fourth-order valence-electron chi connectivity index (χ4n) is 2.95. The molecule has 1 rings (SSSR count). The van der Waals surface area contributed by atoms with E-state index >= 15 is 0 Å². The standard InChI is InChI=1S/C19H38O2/c1-18(2)14-10-8-6-4-3-5-7-9-12-16-20-19-15-11-13-17-21-19/h18-19H,3-17H2,1-2H3. The van der Waals surface area contributed by atoms with E-state index in [-0.39, 0.29) is 6.29 Å². The van der Waals surface area contributed by atoms with Gasteiger partial charge in [-0.3, -0.25) is 0 Å². The molecule has 1 unspecified atom stereocenters. The molecule has 0 aromatic carbocycles. The van der Waals surface area contributed by atoms with Gasteiger partial charge in [0.25, 0.3) is 0 Å². The zero-order valence-electron chi connectivity index (χ0n) is 14.6. The van der Waals surface area contributed by atoms with Gasteiger partial charge < -0.3 is 9.47 Å². The van der Waals surface area contributed by atoms with E-state index in [0.29, 0.717) is 0 Å². The van der Waals surface area contributed by atoms with Crippen LogP contribution in [0.5, 0.6) is 0 Å². The van der Waals surface area contributed by atoms with Crippen LogP contribution in [0, 0.1) is 5.92 Å². The first kappa shape index (κ1) is 19.0. The van der Waals surface area contributed by atoms with Crippen molar-refractivity contribution in [3.63, 3.8) is 0 Å². The quantitative estimate of drug-likeness (QED) is 0.383. The second-order valence-electron chi connectivity index (χ2n) is 7.03. The van der Waals surface area contributed by atoms with E-state index in [9.17, 15) is 0 Å². The van der Waals surface area contributed by atoms with Crippen LogP contribution < -0.4 is 0 Å². The van der Waals surface area contributed by atoms with E-state index in [4.69, 9.17) is 9.47 Å². The molecule has 21 heavy (non-hydrogen) atoms. The Balaban J connectivity index is 1.70. The van der Waals surface area contributed by atoms with Crippen LogP contribution in [0.3, 0.4) is 0 Å². The zero-order valence-corrected chi connectivity index (χ0v) is 14.6. The monoisotopic (exact) mass is 298 g/mol. The van der Waals surface area contributed by atoms with E-state index in [2.05, 4.69) is 13.8 Å². The molecule has 0 spiro atoms. The molecule has 1 aliphatic heterocycles. The zero-order chi connectivity index (χ0) is 15.2. The van der Waals surface area contributed by atoms with Gasteiger partial charge in [-0.05, 0) is 31.6 Å². The SMILES string of the molecule is CC(C)CCCCCCCCCCCOC1CCCCO1. The number of hydrogen-bond donors (Lipinski definition) is 0. The maximum atomic E-state index is 5.75. The summed E-state index contributed by atoms with van der Waals surface area (Å²) in [7, 11) is 0. The van der Waals surface area contributed by atoms with Gasteiger partial charge in [-0.1, -0.05) is 71.6 Å². The summed E-state index contributed by atoms with van der Waals surface area (Å²) in [5.74, 6) is 0.881. The second kappa shape index (κ2) is 13.6. The highest BCUT2D eigenvalue weighted by Crippen LogP contribution is 2.15. The molecule has 0 N–H and O–H groups in total. The van der Waals surface area contributed by atoms with Crippen molar-refractivity contribution in [1.29, 1.82) is 0 Å². The topological polar surface area (TPSA) is 18.5 Å². The minimum absolute atomic E-state index is 0.101. The van der Waals surface area contributed by atoms with Crippen molar-refractivity contribution < 1.29 is 9.47 Å². The Morgan fingerprint density at radius 3 is 2.05 bits per heavy atom. The Morgan fingerprint density at radius 1 is 0.857 bits per heavy atom. The van der Waals surface area contributed by atoms with Crippen LogP contribution >= 0.6 is 0 Å². The summed E-state index contributed by atoms with van der Waals surface area (Å²) in [6.07, 6.45) is 17.5. The maximum Gasteiger partial charge on any atom is 0.157 e. The first-order valence-electron chi connectivity index (χ1n) is 9.52. The summed E-state index contributed by atoms with van der Waals surface area (Å²) in [6, 6.07) is 0. The third-order valence-electron chi connectivity index (χ3n) is 4.37. The lowest BCUT2D eigenvalue weighted by Crippen LogP contribution is -2.22. The van der Waals surface area contributed by atoms with Gasteiger partial charge in [0.2, 0.25) is 0 Å². The van der Waals surface area contributed by atoms with Crippen LogP contribution in [-0.4, -0.2) is 19.5 Å². The largest absolute Gasteiger partial charge is 0.353 e. The highest BCUT2D eigenvalue weighted by Gasteiger charge is 2.13. The van der Waals surface area contributed by atoms with Gasteiger partial charge in [0.1, 0.15) is 0 Å². The molecule has 0 aliphatic carbocycles.